The van der Waals surface area contributed by atoms with Crippen LogP contribution in [0.4, 0.5) is 5.69 Å². The van der Waals surface area contributed by atoms with Gasteiger partial charge in [-0.05, 0) is 60.9 Å². The number of nitrogens with zero attached hydrogens (tertiary/aromatic N) is 2. The van der Waals surface area contributed by atoms with Gasteiger partial charge in [-0.15, -0.1) is 0 Å². The van der Waals surface area contributed by atoms with E-state index in [1.165, 1.54) is 35.2 Å². The van der Waals surface area contributed by atoms with Crippen LogP contribution in [0.1, 0.15) is 38.7 Å². The van der Waals surface area contributed by atoms with Crippen LogP contribution < -0.4 is 14.4 Å². The molecule has 0 aromatic heterocycles. The summed E-state index contributed by atoms with van der Waals surface area (Å²) in [6.45, 7) is 3.77. The maximum Gasteiger partial charge on any atom is 0.264 e. The summed E-state index contributed by atoms with van der Waals surface area (Å²) >= 11 is 12.7. The largest absolute Gasteiger partial charge is 0.497 e. The second-order valence-electron chi connectivity index (χ2n) is 9.36. The Kier molecular flexibility index (Phi) is 11.9. The van der Waals surface area contributed by atoms with Gasteiger partial charge in [0.15, 0.2) is 0 Å². The van der Waals surface area contributed by atoms with Gasteiger partial charge in [0.1, 0.15) is 18.3 Å². The van der Waals surface area contributed by atoms with E-state index in [1.807, 2.05) is 13.8 Å². The lowest BCUT2D eigenvalue weighted by Crippen LogP contribution is -2.52. The normalized spacial score (nSPS) is 11.9. The van der Waals surface area contributed by atoms with Crippen LogP contribution in [0, 0.1) is 0 Å². The number of halogens is 2. The maximum absolute atomic E-state index is 14.1. The van der Waals surface area contributed by atoms with Gasteiger partial charge in [0.05, 0.1) is 22.7 Å². The van der Waals surface area contributed by atoms with E-state index in [2.05, 4.69) is 5.32 Å². The highest BCUT2D eigenvalue weighted by atomic mass is 35.5. The molecule has 0 bridgehead atoms. The lowest BCUT2D eigenvalue weighted by Gasteiger charge is -2.33. The van der Waals surface area contributed by atoms with E-state index in [-0.39, 0.29) is 33.1 Å². The predicted molar refractivity (Wildman–Crippen MR) is 163 cm³/mol. The monoisotopic (exact) mass is 619 g/mol. The van der Waals surface area contributed by atoms with Crippen LogP contribution >= 0.6 is 23.2 Å². The fraction of sp³-hybridized carbons (Fsp3) is 0.333. The number of carbonyl (C=O) groups is 2. The summed E-state index contributed by atoms with van der Waals surface area (Å²) in [4.78, 5) is 28.8. The van der Waals surface area contributed by atoms with Gasteiger partial charge in [-0.3, -0.25) is 13.9 Å². The molecule has 0 heterocycles. The van der Waals surface area contributed by atoms with Gasteiger partial charge in [-0.1, -0.05) is 73.8 Å². The van der Waals surface area contributed by atoms with E-state index in [4.69, 9.17) is 27.9 Å². The van der Waals surface area contributed by atoms with Crippen molar-refractivity contribution < 1.29 is 22.7 Å². The first-order valence-corrected chi connectivity index (χ1v) is 15.5. The second-order valence-corrected chi connectivity index (χ2v) is 12.1. The minimum Gasteiger partial charge on any atom is -0.497 e. The molecule has 0 fully saturated rings. The minimum atomic E-state index is -4.25. The molecule has 1 N–H and O–H groups in total. The summed E-state index contributed by atoms with van der Waals surface area (Å²) < 4.78 is 34.0. The van der Waals surface area contributed by atoms with Gasteiger partial charge < -0.3 is 15.0 Å². The lowest BCUT2D eigenvalue weighted by atomic mass is 10.1. The smallest absolute Gasteiger partial charge is 0.264 e. The quantitative estimate of drug-likeness (QED) is 0.226. The Labute approximate surface area is 252 Å². The van der Waals surface area contributed by atoms with E-state index in [0.29, 0.717) is 18.7 Å². The molecule has 3 rings (SSSR count). The standard InChI is InChI=1S/C30H35Cl2N3O5S/c1-4-6-18-33-30(37)27(5-2)34(20-22-12-15-24(40-3)16-13-22)29(36)21-35(28-19-23(31)14-17-26(28)32)41(38,39)25-10-8-7-9-11-25/h7-17,19,27H,4-6,18,20-21H2,1-3H3,(H,33,37)/t27-/m1/s1. The van der Waals surface area contributed by atoms with Crippen LogP contribution in [-0.2, 0) is 26.2 Å². The SMILES string of the molecule is CCCCNC(=O)[C@@H](CC)N(Cc1ccc(OC)cc1)C(=O)CN(c1cc(Cl)ccc1Cl)S(=O)(=O)c1ccccc1. The van der Waals surface area contributed by atoms with E-state index < -0.39 is 28.5 Å². The van der Waals surface area contributed by atoms with Crippen molar-refractivity contribution >= 4 is 50.7 Å². The number of rotatable bonds is 14. The number of hydrogen-bond acceptors (Lipinski definition) is 5. The van der Waals surface area contributed by atoms with Crippen molar-refractivity contribution in [2.24, 2.45) is 0 Å². The number of sulfonamides is 1. The first kappa shape index (κ1) is 32.2. The fourth-order valence-corrected chi connectivity index (χ4v) is 6.15. The van der Waals surface area contributed by atoms with Gasteiger partial charge >= 0.3 is 0 Å². The van der Waals surface area contributed by atoms with Crippen molar-refractivity contribution in [2.75, 3.05) is 24.5 Å². The molecular formula is C30H35Cl2N3O5S. The Morgan fingerprint density at radius 2 is 1.66 bits per heavy atom. The number of ether oxygens (including phenoxy) is 1. The van der Waals surface area contributed by atoms with Gasteiger partial charge in [0, 0.05) is 18.1 Å². The molecule has 220 valence electrons. The summed E-state index contributed by atoms with van der Waals surface area (Å²) in [5.41, 5.74) is 0.804. The van der Waals surface area contributed by atoms with E-state index in [1.54, 1.807) is 49.6 Å². The van der Waals surface area contributed by atoms with Crippen LogP contribution in [0.2, 0.25) is 10.0 Å². The first-order chi connectivity index (χ1) is 19.6. The van der Waals surface area contributed by atoms with Crippen molar-refractivity contribution in [3.05, 3.63) is 88.4 Å². The fourth-order valence-electron chi connectivity index (χ4n) is 4.26. The summed E-state index contributed by atoms with van der Waals surface area (Å²) in [6, 6.07) is 18.5. The Hall–Kier alpha value is -3.27. The highest BCUT2D eigenvalue weighted by molar-refractivity contribution is 7.92. The Bertz CT molecular complexity index is 1420. The zero-order valence-electron chi connectivity index (χ0n) is 23.3. The molecular weight excluding hydrogens is 585 g/mol. The summed E-state index contributed by atoms with van der Waals surface area (Å²) in [7, 11) is -2.69. The number of amides is 2. The van der Waals surface area contributed by atoms with E-state index >= 15 is 0 Å². The first-order valence-electron chi connectivity index (χ1n) is 13.3. The van der Waals surface area contributed by atoms with Gasteiger partial charge in [0.25, 0.3) is 10.0 Å². The van der Waals surface area contributed by atoms with Crippen LogP contribution in [0.25, 0.3) is 0 Å². The highest BCUT2D eigenvalue weighted by Gasteiger charge is 2.34. The van der Waals surface area contributed by atoms with E-state index in [9.17, 15) is 18.0 Å². The zero-order chi connectivity index (χ0) is 30.0. The molecule has 2 amide bonds. The molecule has 3 aromatic carbocycles. The van der Waals surface area contributed by atoms with Crippen molar-refractivity contribution in [3.63, 3.8) is 0 Å². The molecule has 0 saturated heterocycles. The molecule has 0 radical (unpaired) electrons. The van der Waals surface area contributed by atoms with Gasteiger partial charge in [-0.2, -0.15) is 0 Å². The molecule has 0 unspecified atom stereocenters. The molecule has 1 atom stereocenters. The number of nitrogens with one attached hydrogen (secondary N) is 1. The van der Waals surface area contributed by atoms with Crippen molar-refractivity contribution in [1.82, 2.24) is 10.2 Å². The summed E-state index contributed by atoms with van der Waals surface area (Å²) in [6.07, 6.45) is 2.02. The Morgan fingerprint density at radius 3 is 2.27 bits per heavy atom. The third-order valence-corrected chi connectivity index (χ3v) is 8.84. The number of methoxy groups -OCH3 is 1. The lowest BCUT2D eigenvalue weighted by molar-refractivity contribution is -0.140. The number of hydrogen-bond donors (Lipinski definition) is 1. The number of anilines is 1. The second kappa shape index (κ2) is 15.1. The van der Waals surface area contributed by atoms with Crippen LogP contribution in [-0.4, -0.2) is 51.4 Å². The third-order valence-electron chi connectivity index (χ3n) is 6.51. The molecule has 0 aliphatic heterocycles. The Morgan fingerprint density at radius 1 is 0.976 bits per heavy atom. The average Bonchev–Trinajstić information content (AvgIpc) is 2.98. The van der Waals surface area contributed by atoms with E-state index in [0.717, 1.165) is 22.7 Å². The van der Waals surface area contributed by atoms with Crippen LogP contribution in [0.15, 0.2) is 77.7 Å². The molecule has 0 spiro atoms. The van der Waals surface area contributed by atoms with Gasteiger partial charge in [-0.25, -0.2) is 8.42 Å². The van der Waals surface area contributed by atoms with Crippen molar-refractivity contribution in [3.8, 4) is 5.75 Å². The number of benzene rings is 3. The predicted octanol–water partition coefficient (Wildman–Crippen LogP) is 5.92. The summed E-state index contributed by atoms with van der Waals surface area (Å²) in [5, 5.41) is 3.26. The number of unbranched alkanes of at least 4 members (excludes halogenated alkanes) is 1. The highest BCUT2D eigenvalue weighted by Crippen LogP contribution is 2.33. The molecule has 0 saturated carbocycles. The molecule has 11 heteroatoms. The maximum atomic E-state index is 14.1. The van der Waals surface area contributed by atoms with Crippen LogP contribution in [0.3, 0.4) is 0 Å². The summed E-state index contributed by atoms with van der Waals surface area (Å²) in [5.74, 6) is -0.235. The minimum absolute atomic E-state index is 0.0186. The zero-order valence-corrected chi connectivity index (χ0v) is 25.7. The van der Waals surface area contributed by atoms with Crippen molar-refractivity contribution in [2.45, 2.75) is 50.6 Å². The molecule has 3 aromatic rings. The Balaban J connectivity index is 2.06. The average molecular weight is 621 g/mol. The topological polar surface area (TPSA) is 96.0 Å². The molecule has 0 aliphatic carbocycles. The van der Waals surface area contributed by atoms with Crippen molar-refractivity contribution in [1.29, 1.82) is 0 Å². The van der Waals surface area contributed by atoms with Crippen LogP contribution in [0.5, 0.6) is 5.75 Å². The number of carbonyl (C=O) groups excluding carboxylic acids is 2. The van der Waals surface area contributed by atoms with Gasteiger partial charge in [0.2, 0.25) is 11.8 Å². The molecule has 0 aliphatic rings. The molecule has 8 nitrogen and oxygen atoms in total. The molecule has 41 heavy (non-hydrogen) atoms. The third kappa shape index (κ3) is 8.38.